The standard InChI is InChI=1S/C32H43N3O6/c1-20(34-30(39)24-11-13-26(36)14-12-24)28(37)17-25(15-22-7-9-23(18-33)10-8-22)31(40)35-27(16-21-5-3-4-6-21)29(38)32(2)19-41-32/h7-10,20-21,24-27,36H,3-6,11-17,19H2,1-2H3,(H,34,39)(H,35,40)/t20-,24?,25-,26?,27+,32-/m1/s1. The summed E-state index contributed by atoms with van der Waals surface area (Å²) in [5.41, 5.74) is 0.422. The zero-order valence-electron chi connectivity index (χ0n) is 24.2. The predicted molar refractivity (Wildman–Crippen MR) is 151 cm³/mol. The number of benzene rings is 1. The third-order valence-electron chi connectivity index (χ3n) is 9.07. The van der Waals surface area contributed by atoms with E-state index >= 15 is 0 Å². The van der Waals surface area contributed by atoms with Crippen LogP contribution in [0.15, 0.2) is 24.3 Å². The van der Waals surface area contributed by atoms with Gasteiger partial charge in [-0.25, -0.2) is 0 Å². The van der Waals surface area contributed by atoms with E-state index in [1.165, 1.54) is 0 Å². The lowest BCUT2D eigenvalue weighted by molar-refractivity contribution is -0.135. The zero-order chi connectivity index (χ0) is 29.6. The van der Waals surface area contributed by atoms with Gasteiger partial charge in [-0.15, -0.1) is 0 Å². The van der Waals surface area contributed by atoms with Crippen LogP contribution in [-0.4, -0.2) is 58.9 Å². The summed E-state index contributed by atoms with van der Waals surface area (Å²) >= 11 is 0. The molecule has 9 nitrogen and oxygen atoms in total. The van der Waals surface area contributed by atoms with E-state index in [-0.39, 0.29) is 48.2 Å². The molecule has 0 bridgehead atoms. The number of aliphatic hydroxyl groups is 1. The lowest BCUT2D eigenvalue weighted by Crippen LogP contribution is -2.50. The average Bonchev–Trinajstić information content (AvgIpc) is 3.50. The second kappa shape index (κ2) is 13.7. The number of carbonyl (C=O) groups excluding carboxylic acids is 4. The number of carbonyl (C=O) groups is 4. The van der Waals surface area contributed by atoms with Crippen LogP contribution < -0.4 is 10.6 Å². The third-order valence-corrected chi connectivity index (χ3v) is 9.07. The van der Waals surface area contributed by atoms with Crippen LogP contribution in [0.25, 0.3) is 0 Å². The maximum atomic E-state index is 13.7. The fourth-order valence-electron chi connectivity index (χ4n) is 6.15. The first kappa shape index (κ1) is 30.9. The second-order valence-electron chi connectivity index (χ2n) is 12.4. The fourth-order valence-corrected chi connectivity index (χ4v) is 6.15. The molecule has 0 spiro atoms. The van der Waals surface area contributed by atoms with Crippen molar-refractivity contribution < 1.29 is 29.0 Å². The first-order valence-electron chi connectivity index (χ1n) is 15.1. The largest absolute Gasteiger partial charge is 0.393 e. The Labute approximate surface area is 242 Å². The SMILES string of the molecule is C[C@@H](NC(=O)C1CCC(O)CC1)C(=O)C[C@@H](Cc1ccc(C#N)cc1)C(=O)N[C@@H](CC1CCCC1)C(=O)[C@@]1(C)CO1. The number of Topliss-reactive ketones (excluding diaryl/α,β-unsaturated/α-hetero) is 2. The van der Waals surface area contributed by atoms with Crippen LogP contribution >= 0.6 is 0 Å². The van der Waals surface area contributed by atoms with Crippen LogP contribution in [0.5, 0.6) is 0 Å². The van der Waals surface area contributed by atoms with Crippen molar-refractivity contribution in [3.8, 4) is 6.07 Å². The number of ether oxygens (including phenoxy) is 1. The molecule has 4 rings (SSSR count). The van der Waals surface area contributed by atoms with Crippen molar-refractivity contribution in [2.45, 2.75) is 108 Å². The molecule has 1 saturated heterocycles. The Bertz CT molecular complexity index is 1140. The van der Waals surface area contributed by atoms with Gasteiger partial charge in [-0.2, -0.15) is 5.26 Å². The number of nitriles is 1. The normalized spacial score (nSPS) is 26.3. The molecule has 1 heterocycles. The van der Waals surface area contributed by atoms with Crippen LogP contribution in [0.1, 0.15) is 89.2 Å². The molecule has 1 aliphatic heterocycles. The Kier molecular flexibility index (Phi) is 10.3. The number of nitrogens with zero attached hydrogens (tertiary/aromatic N) is 1. The van der Waals surface area contributed by atoms with Gasteiger partial charge in [0.25, 0.3) is 0 Å². The molecule has 2 aliphatic carbocycles. The van der Waals surface area contributed by atoms with Crippen molar-refractivity contribution in [2.75, 3.05) is 6.61 Å². The highest BCUT2D eigenvalue weighted by molar-refractivity contribution is 5.98. The van der Waals surface area contributed by atoms with E-state index in [0.29, 0.717) is 50.2 Å². The summed E-state index contributed by atoms with van der Waals surface area (Å²) in [6.07, 6.45) is 6.92. The first-order valence-corrected chi connectivity index (χ1v) is 15.1. The second-order valence-corrected chi connectivity index (χ2v) is 12.4. The number of aliphatic hydroxyl groups excluding tert-OH is 1. The molecule has 3 N–H and O–H groups in total. The summed E-state index contributed by atoms with van der Waals surface area (Å²) in [6, 6.07) is 7.51. The molecule has 1 aromatic carbocycles. The van der Waals surface area contributed by atoms with E-state index in [1.54, 1.807) is 38.1 Å². The van der Waals surface area contributed by atoms with Crippen molar-refractivity contribution >= 4 is 23.4 Å². The van der Waals surface area contributed by atoms with Gasteiger partial charge >= 0.3 is 0 Å². The van der Waals surface area contributed by atoms with Gasteiger partial charge in [0.05, 0.1) is 36.4 Å². The van der Waals surface area contributed by atoms with Crippen LogP contribution in [0, 0.1) is 29.1 Å². The van der Waals surface area contributed by atoms with Crippen LogP contribution in [0.4, 0.5) is 0 Å². The lowest BCUT2D eigenvalue weighted by atomic mass is 9.86. The van der Waals surface area contributed by atoms with Gasteiger partial charge < -0.3 is 20.5 Å². The van der Waals surface area contributed by atoms with E-state index in [4.69, 9.17) is 10.00 Å². The number of rotatable bonds is 13. The van der Waals surface area contributed by atoms with Crippen molar-refractivity contribution in [1.82, 2.24) is 10.6 Å². The smallest absolute Gasteiger partial charge is 0.224 e. The Balaban J connectivity index is 1.45. The molecule has 3 fully saturated rings. The maximum Gasteiger partial charge on any atom is 0.224 e. The summed E-state index contributed by atoms with van der Waals surface area (Å²) in [6.45, 7) is 3.72. The molecule has 2 saturated carbocycles. The van der Waals surface area contributed by atoms with Crippen LogP contribution in [0.2, 0.25) is 0 Å². The van der Waals surface area contributed by atoms with Gasteiger partial charge in [-0.1, -0.05) is 37.8 Å². The van der Waals surface area contributed by atoms with E-state index in [1.807, 2.05) is 0 Å². The molecule has 9 heteroatoms. The van der Waals surface area contributed by atoms with Gasteiger partial charge in [0.15, 0.2) is 11.6 Å². The quantitative estimate of drug-likeness (QED) is 0.311. The first-order chi connectivity index (χ1) is 19.6. The Morgan fingerprint density at radius 1 is 1.05 bits per heavy atom. The fraction of sp³-hybridized carbons (Fsp3) is 0.656. The van der Waals surface area contributed by atoms with Crippen LogP contribution in [-0.2, 0) is 30.3 Å². The summed E-state index contributed by atoms with van der Waals surface area (Å²) in [5.74, 6) is -1.60. The molecule has 0 radical (unpaired) electrons. The number of hydrogen-bond donors (Lipinski definition) is 3. The molecule has 4 atom stereocenters. The summed E-state index contributed by atoms with van der Waals surface area (Å²) in [7, 11) is 0. The zero-order valence-corrected chi connectivity index (χ0v) is 24.2. The lowest BCUT2D eigenvalue weighted by Gasteiger charge is -2.27. The van der Waals surface area contributed by atoms with Gasteiger partial charge in [-0.05, 0) is 76.0 Å². The van der Waals surface area contributed by atoms with E-state index in [0.717, 1.165) is 31.2 Å². The Morgan fingerprint density at radius 2 is 1.68 bits per heavy atom. The van der Waals surface area contributed by atoms with E-state index in [9.17, 15) is 24.3 Å². The van der Waals surface area contributed by atoms with Crippen LogP contribution in [0.3, 0.4) is 0 Å². The third kappa shape index (κ3) is 8.46. The molecule has 0 aromatic heterocycles. The minimum Gasteiger partial charge on any atom is -0.393 e. The number of nitrogens with one attached hydrogen (secondary N) is 2. The average molecular weight is 566 g/mol. The molecule has 222 valence electrons. The monoisotopic (exact) mass is 565 g/mol. The van der Waals surface area contributed by atoms with Gasteiger partial charge in [0, 0.05) is 18.3 Å². The molecule has 0 unspecified atom stereocenters. The maximum absolute atomic E-state index is 13.7. The van der Waals surface area contributed by atoms with Gasteiger partial charge in [-0.3, -0.25) is 19.2 Å². The Hall–Kier alpha value is -3.09. The topological polar surface area (TPSA) is 149 Å². The predicted octanol–water partition coefficient (Wildman–Crippen LogP) is 3.16. The van der Waals surface area contributed by atoms with Crippen molar-refractivity contribution in [2.24, 2.45) is 17.8 Å². The highest BCUT2D eigenvalue weighted by Crippen LogP contribution is 2.34. The van der Waals surface area contributed by atoms with Crippen molar-refractivity contribution in [3.63, 3.8) is 0 Å². The molecular formula is C32H43N3O6. The van der Waals surface area contributed by atoms with Gasteiger partial charge in [0.1, 0.15) is 5.60 Å². The molecule has 1 aromatic rings. The summed E-state index contributed by atoms with van der Waals surface area (Å²) in [4.78, 5) is 53.2. The Morgan fingerprint density at radius 3 is 2.27 bits per heavy atom. The number of amides is 2. The molecular weight excluding hydrogens is 522 g/mol. The molecule has 2 amide bonds. The van der Waals surface area contributed by atoms with Gasteiger partial charge in [0.2, 0.25) is 11.8 Å². The molecule has 41 heavy (non-hydrogen) atoms. The van der Waals surface area contributed by atoms with Crippen molar-refractivity contribution in [3.05, 3.63) is 35.4 Å². The highest BCUT2D eigenvalue weighted by atomic mass is 16.6. The number of hydrogen-bond acceptors (Lipinski definition) is 7. The van der Waals surface area contributed by atoms with Crippen molar-refractivity contribution in [1.29, 1.82) is 5.26 Å². The van der Waals surface area contributed by atoms with E-state index in [2.05, 4.69) is 16.7 Å². The van der Waals surface area contributed by atoms with E-state index < -0.39 is 23.6 Å². The highest BCUT2D eigenvalue weighted by Gasteiger charge is 2.50. The minimum atomic E-state index is -0.872. The minimum absolute atomic E-state index is 0.102. The molecule has 3 aliphatic rings. The number of epoxide rings is 1. The number of ketones is 2. The summed E-state index contributed by atoms with van der Waals surface area (Å²) < 4.78 is 5.42. The summed E-state index contributed by atoms with van der Waals surface area (Å²) in [5, 5.41) is 24.7.